The van der Waals surface area contributed by atoms with Gasteiger partial charge in [-0.3, -0.25) is 0 Å². The zero-order valence-electron chi connectivity index (χ0n) is 10.4. The molecule has 0 amide bonds. The van der Waals surface area contributed by atoms with Crippen LogP contribution >= 0.6 is 0 Å². The molecule has 2 rings (SSSR count). The second-order valence-corrected chi connectivity index (χ2v) is 3.98. The predicted octanol–water partition coefficient (Wildman–Crippen LogP) is 1.79. The van der Waals surface area contributed by atoms with Crippen LogP contribution in [0.2, 0.25) is 0 Å². The van der Waals surface area contributed by atoms with Crippen LogP contribution in [0.4, 0.5) is 0 Å². The summed E-state index contributed by atoms with van der Waals surface area (Å²) in [6.07, 6.45) is 1.45. The van der Waals surface area contributed by atoms with Crippen LogP contribution in [-0.2, 0) is 6.42 Å². The molecule has 0 aliphatic rings. The van der Waals surface area contributed by atoms with Gasteiger partial charge in [0, 0.05) is 6.42 Å². The van der Waals surface area contributed by atoms with Crippen molar-refractivity contribution in [1.29, 1.82) is 5.26 Å². The standard InChI is InChI=1S/C13H12N4O2/c1-2-4-11-15-12(13(18)19)16-17(11)10-6-3-5-9(7-10)8-14/h3,5-7H,2,4H2,1H3,(H,18,19). The highest BCUT2D eigenvalue weighted by atomic mass is 16.4. The van der Waals surface area contributed by atoms with Crippen molar-refractivity contribution in [3.8, 4) is 11.8 Å². The molecule has 0 radical (unpaired) electrons. The Balaban J connectivity index is 2.53. The van der Waals surface area contributed by atoms with Crippen LogP contribution in [0.3, 0.4) is 0 Å². The van der Waals surface area contributed by atoms with Crippen LogP contribution in [0, 0.1) is 11.3 Å². The minimum Gasteiger partial charge on any atom is -0.475 e. The van der Waals surface area contributed by atoms with Gasteiger partial charge in [0.1, 0.15) is 5.82 Å². The second-order valence-electron chi connectivity index (χ2n) is 3.98. The van der Waals surface area contributed by atoms with E-state index in [1.807, 2.05) is 13.0 Å². The molecular formula is C13H12N4O2. The fourth-order valence-corrected chi connectivity index (χ4v) is 1.73. The molecular weight excluding hydrogens is 244 g/mol. The smallest absolute Gasteiger partial charge is 0.375 e. The van der Waals surface area contributed by atoms with Gasteiger partial charge >= 0.3 is 5.97 Å². The summed E-state index contributed by atoms with van der Waals surface area (Å²) in [5.41, 5.74) is 1.13. The molecule has 6 nitrogen and oxygen atoms in total. The van der Waals surface area contributed by atoms with E-state index in [-0.39, 0.29) is 5.82 Å². The lowest BCUT2D eigenvalue weighted by atomic mass is 10.2. The number of aromatic carboxylic acids is 1. The Bertz CT molecular complexity index is 655. The molecule has 0 unspecified atom stereocenters. The number of hydrogen-bond donors (Lipinski definition) is 1. The Labute approximate surface area is 109 Å². The Morgan fingerprint density at radius 3 is 2.95 bits per heavy atom. The number of nitriles is 1. The second kappa shape index (κ2) is 5.31. The summed E-state index contributed by atoms with van der Waals surface area (Å²) in [4.78, 5) is 14.9. The van der Waals surface area contributed by atoms with Gasteiger partial charge in [0.2, 0.25) is 0 Å². The summed E-state index contributed by atoms with van der Waals surface area (Å²) in [5, 5.41) is 21.8. The van der Waals surface area contributed by atoms with E-state index in [9.17, 15) is 4.79 Å². The van der Waals surface area contributed by atoms with Gasteiger partial charge in [0.05, 0.1) is 17.3 Å². The third kappa shape index (κ3) is 2.60. The SMILES string of the molecule is CCCc1nc(C(=O)O)nn1-c1cccc(C#N)c1. The average molecular weight is 256 g/mol. The number of carbonyl (C=O) groups is 1. The van der Waals surface area contributed by atoms with E-state index in [1.54, 1.807) is 24.3 Å². The molecule has 0 spiro atoms. The molecule has 1 aromatic heterocycles. The fraction of sp³-hybridized carbons (Fsp3) is 0.231. The number of carboxylic acids is 1. The zero-order valence-corrected chi connectivity index (χ0v) is 10.4. The van der Waals surface area contributed by atoms with Crippen LogP contribution in [0.25, 0.3) is 5.69 Å². The third-order valence-corrected chi connectivity index (χ3v) is 2.56. The van der Waals surface area contributed by atoms with Gasteiger partial charge in [-0.15, -0.1) is 5.10 Å². The summed E-state index contributed by atoms with van der Waals surface area (Å²) in [6.45, 7) is 1.98. The van der Waals surface area contributed by atoms with Crippen LogP contribution in [-0.4, -0.2) is 25.8 Å². The van der Waals surface area contributed by atoms with Crippen LogP contribution in [0.5, 0.6) is 0 Å². The van der Waals surface area contributed by atoms with Gasteiger partial charge < -0.3 is 5.11 Å². The first-order chi connectivity index (χ1) is 9.15. The molecule has 0 bridgehead atoms. The maximum absolute atomic E-state index is 10.9. The molecule has 1 heterocycles. The van der Waals surface area contributed by atoms with E-state index >= 15 is 0 Å². The summed E-state index contributed by atoms with van der Waals surface area (Å²) in [5.74, 6) is -0.812. The molecule has 1 N–H and O–H groups in total. The number of nitrogens with zero attached hydrogens (tertiary/aromatic N) is 4. The van der Waals surface area contributed by atoms with Gasteiger partial charge in [-0.1, -0.05) is 13.0 Å². The van der Waals surface area contributed by atoms with Gasteiger partial charge in [0.25, 0.3) is 5.82 Å². The van der Waals surface area contributed by atoms with Gasteiger partial charge in [-0.05, 0) is 24.6 Å². The van der Waals surface area contributed by atoms with E-state index in [4.69, 9.17) is 10.4 Å². The molecule has 0 aliphatic carbocycles. The van der Waals surface area contributed by atoms with E-state index in [0.29, 0.717) is 23.5 Å². The monoisotopic (exact) mass is 256 g/mol. The molecule has 19 heavy (non-hydrogen) atoms. The highest BCUT2D eigenvalue weighted by Crippen LogP contribution is 2.13. The quantitative estimate of drug-likeness (QED) is 0.900. The largest absolute Gasteiger partial charge is 0.475 e. The van der Waals surface area contributed by atoms with Crippen molar-refractivity contribution in [3.63, 3.8) is 0 Å². The van der Waals surface area contributed by atoms with Crippen LogP contribution < -0.4 is 0 Å². The first-order valence-electron chi connectivity index (χ1n) is 5.85. The number of hydrogen-bond acceptors (Lipinski definition) is 4. The number of carboxylic acid groups (broad SMARTS) is 1. The molecule has 0 saturated carbocycles. The van der Waals surface area contributed by atoms with Crippen molar-refractivity contribution in [2.75, 3.05) is 0 Å². The predicted molar refractivity (Wildman–Crippen MR) is 67.0 cm³/mol. The minimum absolute atomic E-state index is 0.231. The van der Waals surface area contributed by atoms with E-state index in [2.05, 4.69) is 10.1 Å². The van der Waals surface area contributed by atoms with Crippen molar-refractivity contribution in [2.24, 2.45) is 0 Å². The number of benzene rings is 1. The van der Waals surface area contributed by atoms with Crippen molar-refractivity contribution >= 4 is 5.97 Å². The molecule has 0 saturated heterocycles. The highest BCUT2D eigenvalue weighted by molar-refractivity contribution is 5.83. The third-order valence-electron chi connectivity index (χ3n) is 2.56. The molecule has 6 heteroatoms. The summed E-state index contributed by atoms with van der Waals surface area (Å²) in [6, 6.07) is 8.86. The van der Waals surface area contributed by atoms with E-state index < -0.39 is 5.97 Å². The van der Waals surface area contributed by atoms with Crippen molar-refractivity contribution in [3.05, 3.63) is 41.5 Å². The lowest BCUT2D eigenvalue weighted by molar-refractivity contribution is 0.0683. The fourth-order valence-electron chi connectivity index (χ4n) is 1.73. The molecule has 0 aliphatic heterocycles. The maximum atomic E-state index is 10.9. The summed E-state index contributed by atoms with van der Waals surface area (Å²) < 4.78 is 1.48. The first-order valence-corrected chi connectivity index (χ1v) is 5.85. The lowest BCUT2D eigenvalue weighted by Gasteiger charge is -2.04. The Morgan fingerprint density at radius 1 is 1.53 bits per heavy atom. The zero-order chi connectivity index (χ0) is 13.8. The van der Waals surface area contributed by atoms with Crippen LogP contribution in [0.1, 0.15) is 35.4 Å². The van der Waals surface area contributed by atoms with Crippen molar-refractivity contribution < 1.29 is 9.90 Å². The lowest BCUT2D eigenvalue weighted by Crippen LogP contribution is -2.04. The number of rotatable bonds is 4. The Hall–Kier alpha value is -2.68. The van der Waals surface area contributed by atoms with Gasteiger partial charge in [-0.25, -0.2) is 14.5 Å². The normalized spacial score (nSPS) is 10.1. The minimum atomic E-state index is -1.16. The maximum Gasteiger partial charge on any atom is 0.375 e. The van der Waals surface area contributed by atoms with Gasteiger partial charge in [0.15, 0.2) is 0 Å². The average Bonchev–Trinajstić information content (AvgIpc) is 2.83. The van der Waals surface area contributed by atoms with Crippen molar-refractivity contribution in [2.45, 2.75) is 19.8 Å². The van der Waals surface area contributed by atoms with Gasteiger partial charge in [-0.2, -0.15) is 5.26 Å². The summed E-state index contributed by atoms with van der Waals surface area (Å²) in [7, 11) is 0. The molecule has 2 aromatic rings. The Kier molecular flexibility index (Phi) is 3.57. The van der Waals surface area contributed by atoms with E-state index in [0.717, 1.165) is 6.42 Å². The van der Waals surface area contributed by atoms with Crippen LogP contribution in [0.15, 0.2) is 24.3 Å². The Morgan fingerprint density at radius 2 is 2.32 bits per heavy atom. The molecule has 0 atom stereocenters. The number of aryl methyl sites for hydroxylation is 1. The number of aromatic nitrogens is 3. The topological polar surface area (TPSA) is 91.8 Å². The first kappa shape index (κ1) is 12.8. The molecule has 0 fully saturated rings. The molecule has 1 aromatic carbocycles. The highest BCUT2D eigenvalue weighted by Gasteiger charge is 2.15. The molecule has 96 valence electrons. The summed E-state index contributed by atoms with van der Waals surface area (Å²) >= 11 is 0. The van der Waals surface area contributed by atoms with Crippen molar-refractivity contribution in [1.82, 2.24) is 14.8 Å². The van der Waals surface area contributed by atoms with E-state index in [1.165, 1.54) is 4.68 Å².